The number of carboxylic acids is 1. The van der Waals surface area contributed by atoms with Crippen LogP contribution in [0.15, 0.2) is 0 Å². The number of rotatable bonds is 4. The van der Waals surface area contributed by atoms with Gasteiger partial charge in [0.25, 0.3) is 0 Å². The van der Waals surface area contributed by atoms with Gasteiger partial charge in [-0.15, -0.1) is 0 Å². The van der Waals surface area contributed by atoms with Crippen LogP contribution >= 0.6 is 0 Å². The number of hydrogen-bond acceptors (Lipinski definition) is 4. The van der Waals surface area contributed by atoms with Crippen LogP contribution in [0.3, 0.4) is 0 Å². The number of piperidine rings is 1. The molecule has 2 amide bonds. The zero-order valence-electron chi connectivity index (χ0n) is 9.46. The average molecular weight is 243 g/mol. The van der Waals surface area contributed by atoms with Crippen LogP contribution in [0.1, 0.15) is 19.3 Å². The van der Waals surface area contributed by atoms with Crippen molar-refractivity contribution in [3.05, 3.63) is 0 Å². The summed E-state index contributed by atoms with van der Waals surface area (Å²) in [6.07, 6.45) is 0.659. The summed E-state index contributed by atoms with van der Waals surface area (Å²) in [6, 6.07) is -0.922. The van der Waals surface area contributed by atoms with E-state index in [-0.39, 0.29) is 12.3 Å². The second-order valence-electron chi connectivity index (χ2n) is 4.21. The van der Waals surface area contributed by atoms with E-state index in [1.165, 1.54) is 4.90 Å². The Hall–Kier alpha value is -1.63. The number of nitrogens with two attached hydrogens (primary N) is 2. The van der Waals surface area contributed by atoms with E-state index in [1.807, 2.05) is 0 Å². The van der Waals surface area contributed by atoms with Crippen LogP contribution in [-0.2, 0) is 14.4 Å². The normalized spacial score (nSPS) is 18.8. The first-order chi connectivity index (χ1) is 7.91. The molecule has 7 heteroatoms. The van der Waals surface area contributed by atoms with E-state index in [2.05, 4.69) is 0 Å². The Kier molecular flexibility index (Phi) is 4.45. The van der Waals surface area contributed by atoms with Gasteiger partial charge in [-0.3, -0.25) is 14.4 Å². The van der Waals surface area contributed by atoms with E-state index in [9.17, 15) is 14.4 Å². The first-order valence-corrected chi connectivity index (χ1v) is 5.47. The van der Waals surface area contributed by atoms with E-state index >= 15 is 0 Å². The Morgan fingerprint density at radius 2 is 1.82 bits per heavy atom. The Bertz CT molecular complexity index is 324. The van der Waals surface area contributed by atoms with Crippen LogP contribution in [0.4, 0.5) is 0 Å². The lowest BCUT2D eigenvalue weighted by molar-refractivity contribution is -0.146. The average Bonchev–Trinajstić information content (AvgIpc) is 2.27. The maximum Gasteiger partial charge on any atom is 0.306 e. The van der Waals surface area contributed by atoms with E-state index in [1.54, 1.807) is 0 Å². The lowest BCUT2D eigenvalue weighted by Crippen LogP contribution is -2.49. The highest BCUT2D eigenvalue weighted by molar-refractivity contribution is 5.87. The van der Waals surface area contributed by atoms with E-state index in [0.717, 1.165) is 0 Å². The summed E-state index contributed by atoms with van der Waals surface area (Å²) < 4.78 is 0. The number of carbonyl (C=O) groups is 3. The molecule has 5 N–H and O–H groups in total. The van der Waals surface area contributed by atoms with Gasteiger partial charge in [-0.2, -0.15) is 0 Å². The van der Waals surface area contributed by atoms with Gasteiger partial charge >= 0.3 is 5.97 Å². The smallest absolute Gasteiger partial charge is 0.306 e. The molecule has 1 rings (SSSR count). The summed E-state index contributed by atoms with van der Waals surface area (Å²) in [5, 5.41) is 8.80. The highest BCUT2D eigenvalue weighted by atomic mass is 16.4. The minimum Gasteiger partial charge on any atom is -0.481 e. The summed E-state index contributed by atoms with van der Waals surface area (Å²) >= 11 is 0. The maximum atomic E-state index is 11.8. The van der Waals surface area contributed by atoms with Crippen molar-refractivity contribution in [3.8, 4) is 0 Å². The fourth-order valence-electron chi connectivity index (χ4n) is 1.89. The quantitative estimate of drug-likeness (QED) is 0.554. The molecule has 17 heavy (non-hydrogen) atoms. The third-order valence-corrected chi connectivity index (χ3v) is 2.89. The van der Waals surface area contributed by atoms with Gasteiger partial charge in [0, 0.05) is 13.1 Å². The maximum absolute atomic E-state index is 11.8. The van der Waals surface area contributed by atoms with Gasteiger partial charge < -0.3 is 21.5 Å². The van der Waals surface area contributed by atoms with Gasteiger partial charge in [0.15, 0.2) is 0 Å². The predicted octanol–water partition coefficient (Wildman–Crippen LogP) is -1.49. The van der Waals surface area contributed by atoms with Crippen molar-refractivity contribution in [3.63, 3.8) is 0 Å². The summed E-state index contributed by atoms with van der Waals surface area (Å²) in [5.74, 6) is -2.19. The van der Waals surface area contributed by atoms with Crippen LogP contribution in [-0.4, -0.2) is 46.9 Å². The molecule has 0 aromatic carbocycles. The molecular weight excluding hydrogens is 226 g/mol. The van der Waals surface area contributed by atoms with Gasteiger partial charge in [0.2, 0.25) is 11.8 Å². The predicted molar refractivity (Wildman–Crippen MR) is 58.7 cm³/mol. The van der Waals surface area contributed by atoms with Crippen LogP contribution < -0.4 is 11.5 Å². The van der Waals surface area contributed by atoms with E-state index in [0.29, 0.717) is 25.9 Å². The van der Waals surface area contributed by atoms with Crippen molar-refractivity contribution >= 4 is 17.8 Å². The Morgan fingerprint density at radius 1 is 1.29 bits per heavy atom. The van der Waals surface area contributed by atoms with E-state index in [4.69, 9.17) is 16.6 Å². The molecule has 7 nitrogen and oxygen atoms in total. The number of aliphatic carboxylic acids is 1. The van der Waals surface area contributed by atoms with Gasteiger partial charge in [0.1, 0.15) is 0 Å². The molecule has 1 atom stereocenters. The van der Waals surface area contributed by atoms with Crippen molar-refractivity contribution in [2.75, 3.05) is 13.1 Å². The van der Waals surface area contributed by atoms with Crippen LogP contribution in [0.5, 0.6) is 0 Å². The minimum absolute atomic E-state index is 0.183. The fourth-order valence-corrected chi connectivity index (χ4v) is 1.89. The molecular formula is C10H17N3O4. The van der Waals surface area contributed by atoms with Crippen molar-refractivity contribution in [2.24, 2.45) is 17.4 Å². The fraction of sp³-hybridized carbons (Fsp3) is 0.700. The van der Waals surface area contributed by atoms with Crippen molar-refractivity contribution in [1.29, 1.82) is 0 Å². The number of primary amides is 1. The van der Waals surface area contributed by atoms with Crippen LogP contribution in [0.25, 0.3) is 0 Å². The molecule has 0 aliphatic carbocycles. The lowest BCUT2D eigenvalue weighted by atomic mass is 9.96. The highest BCUT2D eigenvalue weighted by Gasteiger charge is 2.29. The summed E-state index contributed by atoms with van der Waals surface area (Å²) in [5.41, 5.74) is 10.5. The molecule has 0 spiro atoms. The van der Waals surface area contributed by atoms with E-state index < -0.39 is 23.8 Å². The third-order valence-electron chi connectivity index (χ3n) is 2.89. The zero-order valence-corrected chi connectivity index (χ0v) is 9.46. The van der Waals surface area contributed by atoms with Crippen LogP contribution in [0.2, 0.25) is 0 Å². The molecule has 0 bridgehead atoms. The van der Waals surface area contributed by atoms with Gasteiger partial charge in [-0.25, -0.2) is 0 Å². The molecule has 1 fully saturated rings. The molecule has 1 aliphatic heterocycles. The molecule has 0 radical (unpaired) electrons. The number of nitrogens with zero attached hydrogens (tertiary/aromatic N) is 1. The second kappa shape index (κ2) is 5.62. The molecule has 0 saturated carbocycles. The summed E-state index contributed by atoms with van der Waals surface area (Å²) in [6.45, 7) is 0.727. The first-order valence-electron chi connectivity index (χ1n) is 5.47. The lowest BCUT2D eigenvalue weighted by Gasteiger charge is -2.31. The Labute approximate surface area is 98.7 Å². The molecule has 0 aromatic heterocycles. The topological polar surface area (TPSA) is 127 Å². The van der Waals surface area contributed by atoms with Crippen molar-refractivity contribution in [1.82, 2.24) is 4.90 Å². The number of likely N-dealkylation sites (tertiary alicyclic amines) is 1. The monoisotopic (exact) mass is 243 g/mol. The van der Waals surface area contributed by atoms with Gasteiger partial charge in [0.05, 0.1) is 18.4 Å². The molecule has 1 heterocycles. The van der Waals surface area contributed by atoms with Crippen LogP contribution in [0, 0.1) is 5.92 Å². The summed E-state index contributed by atoms with van der Waals surface area (Å²) in [7, 11) is 0. The Morgan fingerprint density at radius 3 is 2.24 bits per heavy atom. The SMILES string of the molecule is NC(=O)CC(N)C(=O)N1CCC(C(=O)O)CC1. The minimum atomic E-state index is -0.922. The summed E-state index contributed by atoms with van der Waals surface area (Å²) in [4.78, 5) is 34.6. The second-order valence-corrected chi connectivity index (χ2v) is 4.21. The van der Waals surface area contributed by atoms with Gasteiger partial charge in [-0.1, -0.05) is 0 Å². The highest BCUT2D eigenvalue weighted by Crippen LogP contribution is 2.17. The number of carbonyl (C=O) groups excluding carboxylic acids is 2. The van der Waals surface area contributed by atoms with Crippen molar-refractivity contribution < 1.29 is 19.5 Å². The molecule has 1 aliphatic rings. The third kappa shape index (κ3) is 3.70. The number of hydrogen-bond donors (Lipinski definition) is 3. The molecule has 0 aromatic rings. The standard InChI is InChI=1S/C10H17N3O4/c11-7(5-8(12)14)9(15)13-3-1-6(2-4-13)10(16)17/h6-7H,1-5,11H2,(H2,12,14)(H,16,17). The number of carboxylic acid groups (broad SMARTS) is 1. The molecule has 1 saturated heterocycles. The Balaban J connectivity index is 2.45. The van der Waals surface area contributed by atoms with Gasteiger partial charge in [-0.05, 0) is 12.8 Å². The molecule has 1 unspecified atom stereocenters. The zero-order chi connectivity index (χ0) is 13.0. The first kappa shape index (κ1) is 13.4. The largest absolute Gasteiger partial charge is 0.481 e. The van der Waals surface area contributed by atoms with Crippen molar-refractivity contribution in [2.45, 2.75) is 25.3 Å². The number of amides is 2. The molecule has 96 valence electrons.